The van der Waals surface area contributed by atoms with Crippen molar-refractivity contribution in [2.45, 2.75) is 18.9 Å². The van der Waals surface area contributed by atoms with Gasteiger partial charge in [0.05, 0.1) is 6.42 Å². The predicted octanol–water partition coefficient (Wildman–Crippen LogP) is 1.75. The normalized spacial score (nSPS) is 18.9. The van der Waals surface area contributed by atoms with Gasteiger partial charge in [-0.25, -0.2) is 0 Å². The summed E-state index contributed by atoms with van der Waals surface area (Å²) in [6, 6.07) is 4.80. The summed E-state index contributed by atoms with van der Waals surface area (Å²) in [7, 11) is 0. The van der Waals surface area contributed by atoms with Crippen LogP contribution in [0.15, 0.2) is 24.3 Å². The highest BCUT2D eigenvalue weighted by Crippen LogP contribution is 2.29. The molecule has 1 atom stereocenters. The van der Waals surface area contributed by atoms with Crippen molar-refractivity contribution >= 4 is 17.6 Å². The van der Waals surface area contributed by atoms with Crippen molar-refractivity contribution in [2.75, 3.05) is 11.6 Å². The van der Waals surface area contributed by atoms with E-state index in [9.17, 15) is 22.8 Å². The molecule has 1 amide bonds. The first-order valence-corrected chi connectivity index (χ1v) is 5.77. The number of nitrogens with zero attached hydrogens (tertiary/aromatic N) is 1. The number of rotatable bonds is 4. The zero-order valence-corrected chi connectivity index (χ0v) is 10.5. The third-order valence-electron chi connectivity index (χ3n) is 2.67. The van der Waals surface area contributed by atoms with Gasteiger partial charge in [0.2, 0.25) is 0 Å². The number of aliphatic carboxylic acids is 1. The number of hydrogen-bond donors (Lipinski definition) is 1. The van der Waals surface area contributed by atoms with Gasteiger partial charge in [-0.15, -0.1) is 13.2 Å². The molecule has 1 aliphatic heterocycles. The van der Waals surface area contributed by atoms with Gasteiger partial charge in [0, 0.05) is 11.8 Å². The van der Waals surface area contributed by atoms with Crippen LogP contribution in [0.2, 0.25) is 0 Å². The lowest BCUT2D eigenvalue weighted by atomic mass is 10.2. The predicted molar refractivity (Wildman–Crippen MR) is 62.6 cm³/mol. The molecular weight excluding hydrogens is 295 g/mol. The molecule has 0 radical (unpaired) electrons. The molecule has 6 nitrogen and oxygen atoms in total. The van der Waals surface area contributed by atoms with Gasteiger partial charge >= 0.3 is 12.3 Å². The lowest BCUT2D eigenvalue weighted by Crippen LogP contribution is -2.30. The Kier molecular flexibility index (Phi) is 4.03. The molecule has 9 heteroatoms. The van der Waals surface area contributed by atoms with Crippen LogP contribution in [-0.4, -0.2) is 36.2 Å². The summed E-state index contributed by atoms with van der Waals surface area (Å²) in [6.07, 6.45) is -6.49. The molecule has 1 saturated heterocycles. The molecule has 114 valence electrons. The van der Waals surface area contributed by atoms with Crippen LogP contribution in [-0.2, 0) is 14.3 Å². The van der Waals surface area contributed by atoms with E-state index in [1.807, 2.05) is 0 Å². The summed E-state index contributed by atoms with van der Waals surface area (Å²) in [5.74, 6) is -2.31. The van der Waals surface area contributed by atoms with Crippen molar-refractivity contribution in [3.63, 3.8) is 0 Å². The van der Waals surface area contributed by atoms with Gasteiger partial charge in [0.1, 0.15) is 18.6 Å². The highest BCUT2D eigenvalue weighted by molar-refractivity contribution is 5.99. The van der Waals surface area contributed by atoms with Crippen molar-refractivity contribution in [1.82, 2.24) is 0 Å². The molecule has 0 saturated carbocycles. The van der Waals surface area contributed by atoms with Crippen molar-refractivity contribution in [1.29, 1.82) is 0 Å². The molecule has 1 fully saturated rings. The quantitative estimate of drug-likeness (QED) is 0.917. The Bertz CT molecular complexity index is 560. The van der Waals surface area contributed by atoms with Gasteiger partial charge < -0.3 is 14.6 Å². The zero-order chi connectivity index (χ0) is 15.6. The fraction of sp³-hybridized carbons (Fsp3) is 0.333. The molecule has 0 aromatic heterocycles. The number of amides is 1. The highest BCUT2D eigenvalue weighted by Gasteiger charge is 2.36. The van der Waals surface area contributed by atoms with E-state index in [4.69, 9.17) is 9.84 Å². The summed E-state index contributed by atoms with van der Waals surface area (Å²) in [4.78, 5) is 23.5. The average Bonchev–Trinajstić information content (AvgIpc) is 2.68. The maximum atomic E-state index is 12.1. The SMILES string of the molecule is O=C(O)CC1OCN(c2cccc(OC(F)(F)F)c2)C1=O. The van der Waals surface area contributed by atoms with E-state index in [2.05, 4.69) is 4.74 Å². The monoisotopic (exact) mass is 305 g/mol. The van der Waals surface area contributed by atoms with Crippen molar-refractivity contribution in [3.8, 4) is 5.75 Å². The second-order valence-electron chi connectivity index (χ2n) is 4.19. The lowest BCUT2D eigenvalue weighted by molar-refractivity contribution is -0.274. The molecule has 0 aliphatic carbocycles. The minimum Gasteiger partial charge on any atom is -0.481 e. The number of halogens is 3. The number of carboxylic acids is 1. The number of ether oxygens (including phenoxy) is 2. The molecule has 0 bridgehead atoms. The number of benzene rings is 1. The van der Waals surface area contributed by atoms with Crippen LogP contribution in [0.1, 0.15) is 6.42 Å². The Labute approximate surface area is 116 Å². The van der Waals surface area contributed by atoms with Crippen molar-refractivity contribution in [2.24, 2.45) is 0 Å². The van der Waals surface area contributed by atoms with Gasteiger partial charge in [-0.1, -0.05) is 6.07 Å². The summed E-state index contributed by atoms with van der Waals surface area (Å²) >= 11 is 0. The third kappa shape index (κ3) is 3.85. The molecule has 1 heterocycles. The van der Waals surface area contributed by atoms with Crippen LogP contribution in [0.25, 0.3) is 0 Å². The second-order valence-corrected chi connectivity index (χ2v) is 4.19. The largest absolute Gasteiger partial charge is 0.573 e. The number of anilines is 1. The molecule has 0 spiro atoms. The van der Waals surface area contributed by atoms with E-state index in [-0.39, 0.29) is 12.4 Å². The number of hydrogen-bond acceptors (Lipinski definition) is 4. The van der Waals surface area contributed by atoms with E-state index < -0.39 is 36.5 Å². The molecule has 2 rings (SSSR count). The van der Waals surface area contributed by atoms with Gasteiger partial charge in [0.25, 0.3) is 5.91 Å². The summed E-state index contributed by atoms with van der Waals surface area (Å²) in [5.41, 5.74) is 0.134. The Morgan fingerprint density at radius 2 is 2.19 bits per heavy atom. The van der Waals surface area contributed by atoms with Crippen molar-refractivity contribution < 1.29 is 37.3 Å². The number of carbonyl (C=O) groups is 2. The number of carboxylic acid groups (broad SMARTS) is 1. The van der Waals surface area contributed by atoms with Crippen LogP contribution in [0, 0.1) is 0 Å². The summed E-state index contributed by atoms with van der Waals surface area (Å²) in [5, 5.41) is 8.62. The Morgan fingerprint density at radius 1 is 1.48 bits per heavy atom. The maximum absolute atomic E-state index is 12.1. The number of carbonyl (C=O) groups excluding carboxylic acids is 1. The molecule has 1 aromatic rings. The van der Waals surface area contributed by atoms with Gasteiger partial charge in [-0.3, -0.25) is 14.5 Å². The van der Waals surface area contributed by atoms with Crippen LogP contribution >= 0.6 is 0 Å². The van der Waals surface area contributed by atoms with Crippen LogP contribution < -0.4 is 9.64 Å². The Morgan fingerprint density at radius 3 is 2.81 bits per heavy atom. The second kappa shape index (κ2) is 5.60. The fourth-order valence-electron chi connectivity index (χ4n) is 1.83. The van der Waals surface area contributed by atoms with Gasteiger partial charge in [-0.2, -0.15) is 0 Å². The van der Waals surface area contributed by atoms with E-state index in [0.29, 0.717) is 0 Å². The standard InChI is InChI=1S/C12H10F3NO5/c13-12(14,15)21-8-3-1-2-7(4-8)16-6-20-9(11(16)19)5-10(17)18/h1-4,9H,5-6H2,(H,17,18). The lowest BCUT2D eigenvalue weighted by Gasteiger charge is -2.16. The van der Waals surface area contributed by atoms with Crippen LogP contribution in [0.3, 0.4) is 0 Å². The van der Waals surface area contributed by atoms with E-state index >= 15 is 0 Å². The van der Waals surface area contributed by atoms with Gasteiger partial charge in [0.15, 0.2) is 0 Å². The molecule has 1 aliphatic rings. The van der Waals surface area contributed by atoms with Crippen LogP contribution in [0.4, 0.5) is 18.9 Å². The topological polar surface area (TPSA) is 76.1 Å². The average molecular weight is 305 g/mol. The highest BCUT2D eigenvalue weighted by atomic mass is 19.4. The summed E-state index contributed by atoms with van der Waals surface area (Å²) in [6.45, 7) is -0.230. The van der Waals surface area contributed by atoms with Crippen LogP contribution in [0.5, 0.6) is 5.75 Å². The van der Waals surface area contributed by atoms with Crippen molar-refractivity contribution in [3.05, 3.63) is 24.3 Å². The first-order valence-electron chi connectivity index (χ1n) is 5.77. The first-order chi connectivity index (χ1) is 9.76. The molecule has 21 heavy (non-hydrogen) atoms. The molecule has 1 unspecified atom stereocenters. The molecule has 1 N–H and O–H groups in total. The van der Waals surface area contributed by atoms with Gasteiger partial charge in [-0.05, 0) is 12.1 Å². The third-order valence-corrected chi connectivity index (χ3v) is 2.67. The number of alkyl halides is 3. The Hall–Kier alpha value is -2.29. The Balaban J connectivity index is 2.14. The fourth-order valence-corrected chi connectivity index (χ4v) is 1.83. The smallest absolute Gasteiger partial charge is 0.481 e. The first kappa shape index (κ1) is 15.1. The zero-order valence-electron chi connectivity index (χ0n) is 10.5. The van der Waals surface area contributed by atoms with E-state index in [0.717, 1.165) is 17.0 Å². The molecule has 1 aromatic carbocycles. The minimum atomic E-state index is -4.84. The van der Waals surface area contributed by atoms with E-state index in [1.54, 1.807) is 0 Å². The minimum absolute atomic E-state index is 0.134. The summed E-state index contributed by atoms with van der Waals surface area (Å²) < 4.78 is 45.2. The maximum Gasteiger partial charge on any atom is 0.573 e. The van der Waals surface area contributed by atoms with E-state index in [1.165, 1.54) is 12.1 Å². The molecular formula is C12H10F3NO5.